The number of likely N-dealkylation sites (N-methyl/N-ethyl adjacent to an activating group) is 1. The minimum absolute atomic E-state index is 0.0493. The van der Waals surface area contributed by atoms with Crippen molar-refractivity contribution in [3.63, 3.8) is 0 Å². The van der Waals surface area contributed by atoms with Crippen LogP contribution in [0.1, 0.15) is 48.0 Å². The summed E-state index contributed by atoms with van der Waals surface area (Å²) in [5, 5.41) is 3.32. The van der Waals surface area contributed by atoms with E-state index in [1.807, 2.05) is 36.1 Å². The van der Waals surface area contributed by atoms with E-state index in [0.717, 1.165) is 57.3 Å². The highest BCUT2D eigenvalue weighted by Gasteiger charge is 2.53. The largest absolute Gasteiger partial charge is 0.381 e. The van der Waals surface area contributed by atoms with Gasteiger partial charge < -0.3 is 19.9 Å². The van der Waals surface area contributed by atoms with Gasteiger partial charge >= 0.3 is 0 Å². The normalized spacial score (nSPS) is 28.6. The zero-order chi connectivity index (χ0) is 20.4. The molecule has 29 heavy (non-hydrogen) atoms. The van der Waals surface area contributed by atoms with Crippen molar-refractivity contribution >= 4 is 11.8 Å². The maximum atomic E-state index is 13.6. The predicted molar refractivity (Wildman–Crippen MR) is 112 cm³/mol. The van der Waals surface area contributed by atoms with Crippen molar-refractivity contribution < 1.29 is 14.3 Å². The second kappa shape index (κ2) is 8.44. The molecule has 0 spiro atoms. The molecule has 0 radical (unpaired) electrons. The van der Waals surface area contributed by atoms with Crippen LogP contribution in [0.15, 0.2) is 24.3 Å². The van der Waals surface area contributed by atoms with Crippen molar-refractivity contribution in [1.82, 2.24) is 15.1 Å². The molecule has 2 amide bonds. The second-order valence-electron chi connectivity index (χ2n) is 9.01. The summed E-state index contributed by atoms with van der Waals surface area (Å²) in [4.78, 5) is 31.2. The molecule has 1 aromatic rings. The Labute approximate surface area is 173 Å². The average molecular weight is 400 g/mol. The third-order valence-corrected chi connectivity index (χ3v) is 7.03. The summed E-state index contributed by atoms with van der Waals surface area (Å²) in [5.74, 6) is 0.192. The number of ether oxygens (including phenoxy) is 1. The van der Waals surface area contributed by atoms with Crippen LogP contribution >= 0.6 is 0 Å². The number of nitrogens with zero attached hydrogens (tertiary/aromatic N) is 2. The lowest BCUT2D eigenvalue weighted by Gasteiger charge is -2.53. The van der Waals surface area contributed by atoms with Crippen molar-refractivity contribution in [2.45, 2.75) is 51.1 Å². The minimum atomic E-state index is -0.483. The van der Waals surface area contributed by atoms with Gasteiger partial charge in [0.25, 0.3) is 5.91 Å². The van der Waals surface area contributed by atoms with Crippen LogP contribution in [0.5, 0.6) is 0 Å². The molecule has 0 aromatic heterocycles. The second-order valence-corrected chi connectivity index (χ2v) is 9.01. The molecular weight excluding hydrogens is 366 g/mol. The van der Waals surface area contributed by atoms with Gasteiger partial charge in [0.15, 0.2) is 0 Å². The predicted octanol–water partition coefficient (Wildman–Crippen LogP) is 2.22. The molecule has 0 aliphatic carbocycles. The number of fused-ring (bicyclic) bond motifs is 1. The number of piperidine rings is 2. The topological polar surface area (TPSA) is 61.9 Å². The number of carbonyl (C=O) groups is 2. The number of hydrogen-bond donors (Lipinski definition) is 1. The zero-order valence-electron chi connectivity index (χ0n) is 17.7. The highest BCUT2D eigenvalue weighted by molar-refractivity contribution is 5.95. The summed E-state index contributed by atoms with van der Waals surface area (Å²) >= 11 is 0. The summed E-state index contributed by atoms with van der Waals surface area (Å²) in [6, 6.07) is 7.88. The SMILES string of the molecule is Cc1ccc(C(=O)N2CCC[C@@]3(C(=O)NC4CCOCC4)CCN(C)C[C@H]23)cc1. The van der Waals surface area contributed by atoms with Crippen molar-refractivity contribution in [2.75, 3.05) is 39.9 Å². The van der Waals surface area contributed by atoms with E-state index in [4.69, 9.17) is 4.74 Å². The van der Waals surface area contributed by atoms with Crippen LogP contribution in [0.4, 0.5) is 0 Å². The number of hydrogen-bond acceptors (Lipinski definition) is 4. The van der Waals surface area contributed by atoms with Gasteiger partial charge in [0, 0.05) is 37.9 Å². The Kier molecular flexibility index (Phi) is 5.93. The molecule has 1 aromatic carbocycles. The number of likely N-dealkylation sites (tertiary alicyclic amines) is 2. The standard InChI is InChI=1S/C23H33N3O3/c1-17-4-6-18(7-5-17)21(27)26-12-3-10-23(11-13-25(2)16-20(23)26)22(28)24-19-8-14-29-15-9-19/h4-7,19-20H,3,8-16H2,1-2H3,(H,24,28)/t20-,23+/m0/s1. The van der Waals surface area contributed by atoms with Gasteiger partial charge in [-0.2, -0.15) is 0 Å². The number of benzene rings is 1. The molecule has 3 heterocycles. The molecule has 6 heteroatoms. The van der Waals surface area contributed by atoms with Gasteiger partial charge in [0.2, 0.25) is 5.91 Å². The monoisotopic (exact) mass is 399 g/mol. The Morgan fingerprint density at radius 2 is 1.83 bits per heavy atom. The molecule has 3 aliphatic rings. The first-order chi connectivity index (χ1) is 14.0. The van der Waals surface area contributed by atoms with Crippen LogP contribution in [0, 0.1) is 12.3 Å². The first kappa shape index (κ1) is 20.4. The lowest BCUT2D eigenvalue weighted by molar-refractivity contribution is -0.143. The smallest absolute Gasteiger partial charge is 0.254 e. The maximum Gasteiger partial charge on any atom is 0.254 e. The number of amides is 2. The molecular formula is C23H33N3O3. The molecule has 0 unspecified atom stereocenters. The van der Waals surface area contributed by atoms with E-state index in [9.17, 15) is 9.59 Å². The molecule has 2 atom stereocenters. The molecule has 4 rings (SSSR count). The fourth-order valence-electron chi connectivity index (χ4n) is 5.18. The van der Waals surface area contributed by atoms with Crippen LogP contribution in [0.2, 0.25) is 0 Å². The van der Waals surface area contributed by atoms with Crippen molar-refractivity contribution in [3.8, 4) is 0 Å². The van der Waals surface area contributed by atoms with Gasteiger partial charge in [-0.05, 0) is 64.8 Å². The Bertz CT molecular complexity index is 744. The highest BCUT2D eigenvalue weighted by Crippen LogP contribution is 2.43. The highest BCUT2D eigenvalue weighted by atomic mass is 16.5. The van der Waals surface area contributed by atoms with Gasteiger partial charge in [-0.3, -0.25) is 9.59 Å². The molecule has 158 valence electrons. The van der Waals surface area contributed by atoms with E-state index in [1.165, 1.54) is 0 Å². The van der Waals surface area contributed by atoms with E-state index < -0.39 is 5.41 Å². The molecule has 3 fully saturated rings. The Morgan fingerprint density at radius 1 is 1.10 bits per heavy atom. The van der Waals surface area contributed by atoms with Gasteiger partial charge in [-0.1, -0.05) is 17.7 Å². The van der Waals surface area contributed by atoms with Crippen LogP contribution in [0.3, 0.4) is 0 Å². The third-order valence-electron chi connectivity index (χ3n) is 7.03. The Morgan fingerprint density at radius 3 is 2.55 bits per heavy atom. The van der Waals surface area contributed by atoms with Crippen molar-refractivity contribution in [2.24, 2.45) is 5.41 Å². The molecule has 0 bridgehead atoms. The van der Waals surface area contributed by atoms with E-state index >= 15 is 0 Å². The van der Waals surface area contributed by atoms with Crippen LogP contribution in [-0.2, 0) is 9.53 Å². The molecule has 3 saturated heterocycles. The number of aryl methyl sites for hydroxylation is 1. The fourth-order valence-corrected chi connectivity index (χ4v) is 5.18. The molecule has 1 N–H and O–H groups in total. The number of rotatable bonds is 3. The Hall–Kier alpha value is -1.92. The van der Waals surface area contributed by atoms with E-state index in [2.05, 4.69) is 17.3 Å². The Balaban J connectivity index is 1.58. The lowest BCUT2D eigenvalue weighted by atomic mass is 9.67. The molecule has 3 aliphatic heterocycles. The van der Waals surface area contributed by atoms with Gasteiger partial charge in [-0.25, -0.2) is 0 Å². The summed E-state index contributed by atoms with van der Waals surface area (Å²) in [7, 11) is 2.09. The van der Waals surface area contributed by atoms with Crippen LogP contribution in [-0.4, -0.2) is 73.6 Å². The fraction of sp³-hybridized carbons (Fsp3) is 0.652. The number of carbonyl (C=O) groups excluding carboxylic acids is 2. The quantitative estimate of drug-likeness (QED) is 0.847. The van der Waals surface area contributed by atoms with Crippen molar-refractivity contribution in [3.05, 3.63) is 35.4 Å². The lowest BCUT2D eigenvalue weighted by Crippen LogP contribution is -2.67. The van der Waals surface area contributed by atoms with Crippen LogP contribution in [0.25, 0.3) is 0 Å². The first-order valence-corrected chi connectivity index (χ1v) is 10.9. The van der Waals surface area contributed by atoms with E-state index in [-0.39, 0.29) is 23.9 Å². The van der Waals surface area contributed by atoms with E-state index in [1.54, 1.807) is 0 Å². The van der Waals surface area contributed by atoms with Gasteiger partial charge in [0.1, 0.15) is 0 Å². The van der Waals surface area contributed by atoms with Gasteiger partial charge in [-0.15, -0.1) is 0 Å². The maximum absolute atomic E-state index is 13.6. The van der Waals surface area contributed by atoms with Gasteiger partial charge in [0.05, 0.1) is 11.5 Å². The zero-order valence-corrected chi connectivity index (χ0v) is 17.7. The molecule has 0 saturated carbocycles. The third kappa shape index (κ3) is 4.05. The number of nitrogens with one attached hydrogen (secondary N) is 1. The average Bonchev–Trinajstić information content (AvgIpc) is 2.74. The summed E-state index contributed by atoms with van der Waals surface area (Å²) in [6.45, 7) is 5.81. The summed E-state index contributed by atoms with van der Waals surface area (Å²) in [6.07, 6.45) is 4.29. The summed E-state index contributed by atoms with van der Waals surface area (Å²) < 4.78 is 5.44. The summed E-state index contributed by atoms with van der Waals surface area (Å²) in [5.41, 5.74) is 1.37. The minimum Gasteiger partial charge on any atom is -0.381 e. The van der Waals surface area contributed by atoms with E-state index in [0.29, 0.717) is 18.8 Å². The van der Waals surface area contributed by atoms with Crippen molar-refractivity contribution in [1.29, 1.82) is 0 Å². The van der Waals surface area contributed by atoms with Crippen LogP contribution < -0.4 is 5.32 Å². The molecule has 6 nitrogen and oxygen atoms in total. The first-order valence-electron chi connectivity index (χ1n) is 10.9.